The van der Waals surface area contributed by atoms with Gasteiger partial charge in [-0.15, -0.1) is 0 Å². The van der Waals surface area contributed by atoms with Crippen molar-refractivity contribution < 1.29 is 4.79 Å². The van der Waals surface area contributed by atoms with Gasteiger partial charge >= 0.3 is 0 Å². The number of nitrogens with one attached hydrogen (secondary N) is 1. The molecule has 0 aliphatic rings. The third kappa shape index (κ3) is 4.28. The summed E-state index contributed by atoms with van der Waals surface area (Å²) in [6.07, 6.45) is 0. The molecule has 1 heterocycles. The average molecular weight is 401 g/mol. The Labute approximate surface area is 168 Å². The fourth-order valence-corrected chi connectivity index (χ4v) is 3.25. The monoisotopic (exact) mass is 400 g/mol. The fourth-order valence-electron chi connectivity index (χ4n) is 2.75. The molecule has 7 heteroatoms. The molecule has 0 aliphatic heterocycles. The van der Waals surface area contributed by atoms with Crippen LogP contribution in [-0.2, 0) is 17.9 Å². The first kappa shape index (κ1) is 19.3. The Morgan fingerprint density at radius 1 is 1.19 bits per heavy atom. The molecule has 5 nitrogen and oxygen atoms in total. The predicted octanol–water partition coefficient (Wildman–Crippen LogP) is 5.01. The Morgan fingerprint density at radius 2 is 1.89 bits per heavy atom. The van der Waals surface area contributed by atoms with Crippen LogP contribution in [0, 0.1) is 18.6 Å². The lowest BCUT2D eigenvalue weighted by Crippen LogP contribution is -2.20. The van der Waals surface area contributed by atoms with Crippen LogP contribution in [0.3, 0.4) is 0 Å². The van der Waals surface area contributed by atoms with Crippen molar-refractivity contribution in [3.8, 4) is 11.4 Å². The molecule has 0 radical (unpaired) electrons. The molecule has 1 N–H and O–H groups in total. The van der Waals surface area contributed by atoms with Gasteiger partial charge in [0.05, 0.1) is 0 Å². The number of halogens is 1. The second-order valence-electron chi connectivity index (χ2n) is 6.39. The van der Waals surface area contributed by atoms with E-state index in [0.717, 1.165) is 17.0 Å². The Balaban J connectivity index is 1.84. The minimum Gasteiger partial charge on any atom is -0.324 e. The van der Waals surface area contributed by atoms with Crippen LogP contribution in [0.15, 0.2) is 42.5 Å². The lowest BCUT2D eigenvalue weighted by atomic mass is 10.1. The average Bonchev–Trinajstić information content (AvgIpc) is 2.94. The molecule has 2 aromatic carbocycles. The summed E-state index contributed by atoms with van der Waals surface area (Å²) in [7, 11) is 0. The van der Waals surface area contributed by atoms with Gasteiger partial charge in [0.25, 0.3) is 0 Å². The lowest BCUT2D eigenvalue weighted by molar-refractivity contribution is -0.116. The SMILES string of the molecule is CCn1c(-c2ccc(C)cc2)nn(CC(=O)Nc2ccc(C)c(Cl)c2)c1=S. The summed E-state index contributed by atoms with van der Waals surface area (Å²) in [5, 5.41) is 8.03. The zero-order chi connectivity index (χ0) is 19.6. The van der Waals surface area contributed by atoms with Gasteiger partial charge in [0.1, 0.15) is 6.54 Å². The van der Waals surface area contributed by atoms with E-state index in [-0.39, 0.29) is 12.5 Å². The van der Waals surface area contributed by atoms with Crippen LogP contribution in [-0.4, -0.2) is 20.3 Å². The summed E-state index contributed by atoms with van der Waals surface area (Å²) in [6, 6.07) is 13.5. The highest BCUT2D eigenvalue weighted by Crippen LogP contribution is 2.21. The number of nitrogens with zero attached hydrogens (tertiary/aromatic N) is 3. The molecule has 0 atom stereocenters. The van der Waals surface area contributed by atoms with E-state index < -0.39 is 0 Å². The zero-order valence-corrected chi connectivity index (χ0v) is 17.1. The maximum Gasteiger partial charge on any atom is 0.246 e. The highest BCUT2D eigenvalue weighted by Gasteiger charge is 2.14. The van der Waals surface area contributed by atoms with Gasteiger partial charge < -0.3 is 9.88 Å². The summed E-state index contributed by atoms with van der Waals surface area (Å²) in [6.45, 7) is 6.68. The number of hydrogen-bond donors (Lipinski definition) is 1. The molecular formula is C20H21ClN4OS. The molecule has 27 heavy (non-hydrogen) atoms. The van der Waals surface area contributed by atoms with Crippen molar-refractivity contribution in [3.63, 3.8) is 0 Å². The first-order valence-corrected chi connectivity index (χ1v) is 9.48. The van der Waals surface area contributed by atoms with Gasteiger partial charge in [-0.25, -0.2) is 4.68 Å². The number of aromatic nitrogens is 3. The van der Waals surface area contributed by atoms with E-state index in [1.165, 1.54) is 5.56 Å². The smallest absolute Gasteiger partial charge is 0.246 e. The molecule has 0 saturated carbocycles. The van der Waals surface area contributed by atoms with Gasteiger partial charge in [0, 0.05) is 22.8 Å². The Bertz CT molecular complexity index is 1040. The predicted molar refractivity (Wildman–Crippen MR) is 112 cm³/mol. The van der Waals surface area contributed by atoms with E-state index in [1.54, 1.807) is 10.7 Å². The highest BCUT2D eigenvalue weighted by atomic mass is 35.5. The maximum absolute atomic E-state index is 12.4. The van der Waals surface area contributed by atoms with E-state index in [1.807, 2.05) is 61.7 Å². The third-order valence-electron chi connectivity index (χ3n) is 4.30. The third-order valence-corrected chi connectivity index (χ3v) is 5.14. The fraction of sp³-hybridized carbons (Fsp3) is 0.250. The summed E-state index contributed by atoms with van der Waals surface area (Å²) in [4.78, 5) is 12.4. The molecule has 140 valence electrons. The van der Waals surface area contributed by atoms with Crippen molar-refractivity contribution >= 4 is 35.4 Å². The maximum atomic E-state index is 12.4. The van der Waals surface area contributed by atoms with E-state index in [4.69, 9.17) is 23.8 Å². The van der Waals surface area contributed by atoms with E-state index in [2.05, 4.69) is 10.4 Å². The minimum absolute atomic E-state index is 0.0379. The number of carbonyl (C=O) groups is 1. The number of amides is 1. The minimum atomic E-state index is -0.206. The van der Waals surface area contributed by atoms with Crippen LogP contribution in [0.2, 0.25) is 5.02 Å². The van der Waals surface area contributed by atoms with Crippen LogP contribution < -0.4 is 5.32 Å². The van der Waals surface area contributed by atoms with Crippen molar-refractivity contribution in [1.82, 2.24) is 14.3 Å². The van der Waals surface area contributed by atoms with E-state index in [9.17, 15) is 4.79 Å². The molecule has 0 spiro atoms. The van der Waals surface area contributed by atoms with Gasteiger partial charge in [-0.2, -0.15) is 5.10 Å². The van der Waals surface area contributed by atoms with Gasteiger partial charge in [0.15, 0.2) is 10.6 Å². The number of anilines is 1. The summed E-state index contributed by atoms with van der Waals surface area (Å²) < 4.78 is 4.00. The van der Waals surface area contributed by atoms with Crippen molar-refractivity contribution in [3.05, 3.63) is 63.4 Å². The Hall–Kier alpha value is -2.44. The first-order valence-electron chi connectivity index (χ1n) is 8.69. The molecule has 0 fully saturated rings. The number of benzene rings is 2. The molecule has 1 amide bonds. The number of rotatable bonds is 5. The molecular weight excluding hydrogens is 380 g/mol. The summed E-state index contributed by atoms with van der Waals surface area (Å²) >= 11 is 11.6. The van der Waals surface area contributed by atoms with Gasteiger partial charge in [-0.1, -0.05) is 47.5 Å². The Kier molecular flexibility index (Phi) is 5.77. The van der Waals surface area contributed by atoms with E-state index in [0.29, 0.717) is 22.0 Å². The number of carbonyl (C=O) groups excluding carboxylic acids is 1. The zero-order valence-electron chi connectivity index (χ0n) is 15.5. The second-order valence-corrected chi connectivity index (χ2v) is 7.16. The summed E-state index contributed by atoms with van der Waals surface area (Å²) in [5.41, 5.74) is 3.76. The Morgan fingerprint density at radius 3 is 2.52 bits per heavy atom. The quantitative estimate of drug-likeness (QED) is 0.612. The largest absolute Gasteiger partial charge is 0.324 e. The molecule has 3 rings (SSSR count). The normalized spacial score (nSPS) is 10.8. The van der Waals surface area contributed by atoms with Crippen LogP contribution in [0.1, 0.15) is 18.1 Å². The molecule has 1 aromatic heterocycles. The second kappa shape index (κ2) is 8.06. The molecule has 0 aliphatic carbocycles. The first-order chi connectivity index (χ1) is 12.9. The van der Waals surface area contributed by atoms with Crippen LogP contribution in [0.5, 0.6) is 0 Å². The topological polar surface area (TPSA) is 51.9 Å². The number of hydrogen-bond acceptors (Lipinski definition) is 3. The van der Waals surface area contributed by atoms with Crippen molar-refractivity contribution in [2.24, 2.45) is 0 Å². The van der Waals surface area contributed by atoms with Crippen molar-refractivity contribution in [1.29, 1.82) is 0 Å². The van der Waals surface area contributed by atoms with Crippen molar-refractivity contribution in [2.45, 2.75) is 33.9 Å². The molecule has 0 bridgehead atoms. The molecule has 0 unspecified atom stereocenters. The standard InChI is InChI=1S/C20H21ClN4OS/c1-4-24-19(15-8-5-13(2)6-9-15)23-25(20(24)27)12-18(26)22-16-10-7-14(3)17(21)11-16/h5-11H,4,12H2,1-3H3,(H,22,26). The molecule has 0 saturated heterocycles. The lowest BCUT2D eigenvalue weighted by Gasteiger charge is -2.07. The number of aryl methyl sites for hydroxylation is 2. The molecule has 3 aromatic rings. The summed E-state index contributed by atoms with van der Waals surface area (Å²) in [5.74, 6) is 0.552. The van der Waals surface area contributed by atoms with Gasteiger partial charge in [-0.05, 0) is 50.7 Å². The van der Waals surface area contributed by atoms with Crippen LogP contribution in [0.25, 0.3) is 11.4 Å². The van der Waals surface area contributed by atoms with Crippen LogP contribution in [0.4, 0.5) is 5.69 Å². The van der Waals surface area contributed by atoms with Crippen LogP contribution >= 0.6 is 23.8 Å². The van der Waals surface area contributed by atoms with E-state index >= 15 is 0 Å². The van der Waals surface area contributed by atoms with Crippen molar-refractivity contribution in [2.75, 3.05) is 5.32 Å². The van der Waals surface area contributed by atoms with Gasteiger partial charge in [-0.3, -0.25) is 4.79 Å². The highest BCUT2D eigenvalue weighted by molar-refractivity contribution is 7.71. The van der Waals surface area contributed by atoms with Gasteiger partial charge in [0.2, 0.25) is 5.91 Å².